The number of anilines is 1. The highest BCUT2D eigenvalue weighted by atomic mass is 16.5. The fourth-order valence-electron chi connectivity index (χ4n) is 4.31. The third-order valence-corrected chi connectivity index (χ3v) is 6.36. The zero-order chi connectivity index (χ0) is 28.1. The molecule has 9 heteroatoms. The molecule has 0 bridgehead atoms. The topological polar surface area (TPSA) is 111 Å². The van der Waals surface area contributed by atoms with E-state index >= 15 is 0 Å². The van der Waals surface area contributed by atoms with Gasteiger partial charge in [0.25, 0.3) is 5.78 Å². The molecular formula is C30H34N2O7. The van der Waals surface area contributed by atoms with Crippen molar-refractivity contribution in [2.24, 2.45) is 5.92 Å². The SMILES string of the molecule is CCCOc1ccc(/C(O)=C2/C(=O)C(=O)N(c3cc(C)on3)C2c2ccc(OCCC(C)C)c(OC)c2)cc1. The molecular weight excluding hydrogens is 500 g/mol. The molecule has 1 aliphatic heterocycles. The molecule has 2 aromatic carbocycles. The minimum absolute atomic E-state index is 0.0709. The molecule has 206 valence electrons. The molecule has 0 saturated carbocycles. The Balaban J connectivity index is 1.80. The summed E-state index contributed by atoms with van der Waals surface area (Å²) in [4.78, 5) is 27.9. The first kappa shape index (κ1) is 27.8. The normalized spacial score (nSPS) is 16.7. The van der Waals surface area contributed by atoms with E-state index in [9.17, 15) is 14.7 Å². The number of carbonyl (C=O) groups is 2. The van der Waals surface area contributed by atoms with E-state index in [1.165, 1.54) is 12.0 Å². The number of amides is 1. The fraction of sp³-hybridized carbons (Fsp3) is 0.367. The lowest BCUT2D eigenvalue weighted by atomic mass is 9.95. The molecule has 0 aliphatic carbocycles. The zero-order valence-electron chi connectivity index (χ0n) is 22.9. The maximum absolute atomic E-state index is 13.4. The maximum atomic E-state index is 13.4. The molecule has 39 heavy (non-hydrogen) atoms. The van der Waals surface area contributed by atoms with E-state index in [1.807, 2.05) is 6.92 Å². The number of hydrogen-bond donors (Lipinski definition) is 1. The van der Waals surface area contributed by atoms with E-state index in [4.69, 9.17) is 18.7 Å². The van der Waals surface area contributed by atoms with Gasteiger partial charge >= 0.3 is 5.91 Å². The van der Waals surface area contributed by atoms with Crippen LogP contribution in [0.25, 0.3) is 5.76 Å². The standard InChI is InChI=1S/C30H34N2O7/c1-6-14-37-22-10-7-20(8-11-22)28(33)26-27(32(30(35)29(26)34)25-16-19(4)39-31-25)21-9-12-23(24(17-21)36-5)38-15-13-18(2)3/h7-12,16-18,27,33H,6,13-15H2,1-5H3/b28-26-. The summed E-state index contributed by atoms with van der Waals surface area (Å²) in [6.07, 6.45) is 1.73. The molecule has 1 N–H and O–H groups in total. The molecule has 1 aromatic heterocycles. The number of nitrogens with zero attached hydrogens (tertiary/aromatic N) is 2. The summed E-state index contributed by atoms with van der Waals surface area (Å²) in [6.45, 7) is 9.01. The number of aliphatic hydroxyl groups excluding tert-OH is 1. The lowest BCUT2D eigenvalue weighted by Crippen LogP contribution is -2.29. The average Bonchev–Trinajstić information content (AvgIpc) is 3.47. The van der Waals surface area contributed by atoms with Gasteiger partial charge in [-0.15, -0.1) is 0 Å². The summed E-state index contributed by atoms with van der Waals surface area (Å²) < 4.78 is 22.3. The predicted molar refractivity (Wildman–Crippen MR) is 146 cm³/mol. The molecule has 9 nitrogen and oxygen atoms in total. The van der Waals surface area contributed by atoms with E-state index in [-0.39, 0.29) is 17.2 Å². The molecule has 2 heterocycles. The summed E-state index contributed by atoms with van der Waals surface area (Å²) in [5.41, 5.74) is 0.838. The van der Waals surface area contributed by atoms with E-state index in [2.05, 4.69) is 19.0 Å². The number of benzene rings is 2. The molecule has 1 aliphatic rings. The van der Waals surface area contributed by atoms with Crippen molar-refractivity contribution in [2.45, 2.75) is 46.6 Å². The summed E-state index contributed by atoms with van der Waals surface area (Å²) in [6, 6.07) is 12.5. The van der Waals surface area contributed by atoms with Crippen molar-refractivity contribution in [1.29, 1.82) is 0 Å². The third-order valence-electron chi connectivity index (χ3n) is 6.36. The van der Waals surface area contributed by atoms with E-state index in [0.29, 0.717) is 53.3 Å². The molecule has 0 spiro atoms. The van der Waals surface area contributed by atoms with Crippen LogP contribution in [0.4, 0.5) is 5.82 Å². The van der Waals surface area contributed by atoms with Crippen LogP contribution in [0.2, 0.25) is 0 Å². The highest BCUT2D eigenvalue weighted by Gasteiger charge is 2.48. The number of aliphatic hydroxyl groups is 1. The van der Waals surface area contributed by atoms with Gasteiger partial charge in [-0.05, 0) is 67.6 Å². The second-order valence-electron chi connectivity index (χ2n) is 9.78. The zero-order valence-corrected chi connectivity index (χ0v) is 22.9. The van der Waals surface area contributed by atoms with Crippen LogP contribution in [-0.4, -0.2) is 42.3 Å². The van der Waals surface area contributed by atoms with Crippen molar-refractivity contribution < 1.29 is 33.4 Å². The van der Waals surface area contributed by atoms with E-state index in [0.717, 1.165) is 12.8 Å². The fourth-order valence-corrected chi connectivity index (χ4v) is 4.31. The Kier molecular flexibility index (Phi) is 8.59. The second-order valence-corrected chi connectivity index (χ2v) is 9.78. The molecule has 3 aromatic rings. The summed E-state index contributed by atoms with van der Waals surface area (Å²) in [5.74, 6) is 0.774. The summed E-state index contributed by atoms with van der Waals surface area (Å²) in [5, 5.41) is 15.3. The first-order chi connectivity index (χ1) is 18.7. The highest BCUT2D eigenvalue weighted by Crippen LogP contribution is 2.44. The van der Waals surface area contributed by atoms with Gasteiger partial charge in [0.1, 0.15) is 17.3 Å². The number of Topliss-reactive ketones (excluding diaryl/α,β-unsaturated/α-hetero) is 1. The smallest absolute Gasteiger partial charge is 0.301 e. The molecule has 1 unspecified atom stereocenters. The van der Waals surface area contributed by atoms with Crippen molar-refractivity contribution in [3.05, 3.63) is 71.0 Å². The molecule has 4 rings (SSSR count). The van der Waals surface area contributed by atoms with Crippen molar-refractivity contribution in [2.75, 3.05) is 25.2 Å². The van der Waals surface area contributed by atoms with Crippen molar-refractivity contribution in [3.8, 4) is 17.2 Å². The van der Waals surface area contributed by atoms with Gasteiger partial charge in [0.15, 0.2) is 17.3 Å². The Labute approximate surface area is 228 Å². The first-order valence-corrected chi connectivity index (χ1v) is 13.0. The number of carbonyl (C=O) groups excluding carboxylic acids is 2. The number of aryl methyl sites for hydroxylation is 1. The van der Waals surface area contributed by atoms with Gasteiger partial charge < -0.3 is 23.8 Å². The number of ketones is 1. The molecule has 1 amide bonds. The van der Waals surface area contributed by atoms with E-state index < -0.39 is 17.7 Å². The molecule has 0 radical (unpaired) electrons. The van der Waals surface area contributed by atoms with Gasteiger partial charge in [-0.25, -0.2) is 0 Å². The van der Waals surface area contributed by atoms with Gasteiger partial charge in [0, 0.05) is 11.6 Å². The number of aromatic nitrogens is 1. The van der Waals surface area contributed by atoms with Crippen molar-refractivity contribution in [3.63, 3.8) is 0 Å². The Bertz CT molecular complexity index is 1360. The largest absolute Gasteiger partial charge is 0.507 e. The highest BCUT2D eigenvalue weighted by molar-refractivity contribution is 6.51. The second kappa shape index (κ2) is 12.1. The lowest BCUT2D eigenvalue weighted by molar-refractivity contribution is -0.132. The van der Waals surface area contributed by atoms with Crippen LogP contribution in [0.15, 0.2) is 58.6 Å². The van der Waals surface area contributed by atoms with Gasteiger partial charge in [0.2, 0.25) is 0 Å². The monoisotopic (exact) mass is 534 g/mol. The quantitative estimate of drug-likeness (QED) is 0.186. The van der Waals surface area contributed by atoms with Gasteiger partial charge in [-0.1, -0.05) is 32.0 Å². The van der Waals surface area contributed by atoms with Crippen LogP contribution < -0.4 is 19.1 Å². The van der Waals surface area contributed by atoms with Crippen LogP contribution in [0.1, 0.15) is 56.5 Å². The third kappa shape index (κ3) is 5.92. The Morgan fingerprint density at radius 3 is 2.41 bits per heavy atom. The van der Waals surface area contributed by atoms with Crippen LogP contribution >= 0.6 is 0 Å². The van der Waals surface area contributed by atoms with Crippen molar-refractivity contribution in [1.82, 2.24) is 5.16 Å². The number of methoxy groups -OCH3 is 1. The van der Waals surface area contributed by atoms with Gasteiger partial charge in [-0.3, -0.25) is 14.5 Å². The van der Waals surface area contributed by atoms with Crippen LogP contribution in [0.5, 0.6) is 17.2 Å². The Morgan fingerprint density at radius 2 is 1.79 bits per heavy atom. The Morgan fingerprint density at radius 1 is 1.05 bits per heavy atom. The number of rotatable bonds is 11. The lowest BCUT2D eigenvalue weighted by Gasteiger charge is -2.24. The van der Waals surface area contributed by atoms with Crippen molar-refractivity contribution >= 4 is 23.3 Å². The summed E-state index contributed by atoms with van der Waals surface area (Å²) >= 11 is 0. The van der Waals surface area contributed by atoms with Crippen LogP contribution in [0.3, 0.4) is 0 Å². The van der Waals surface area contributed by atoms with Gasteiger partial charge in [0.05, 0.1) is 31.9 Å². The summed E-state index contributed by atoms with van der Waals surface area (Å²) in [7, 11) is 1.52. The maximum Gasteiger partial charge on any atom is 0.301 e. The average molecular weight is 535 g/mol. The number of ether oxygens (including phenoxy) is 3. The molecule has 1 fully saturated rings. The molecule has 1 atom stereocenters. The van der Waals surface area contributed by atoms with Gasteiger partial charge in [-0.2, -0.15) is 0 Å². The number of hydrogen-bond acceptors (Lipinski definition) is 8. The minimum atomic E-state index is -0.982. The van der Waals surface area contributed by atoms with E-state index in [1.54, 1.807) is 55.5 Å². The molecule has 1 saturated heterocycles. The van der Waals surface area contributed by atoms with Crippen LogP contribution in [0, 0.1) is 12.8 Å². The Hall–Kier alpha value is -4.27. The predicted octanol–water partition coefficient (Wildman–Crippen LogP) is 5.83. The first-order valence-electron chi connectivity index (χ1n) is 13.0. The van der Waals surface area contributed by atoms with Crippen LogP contribution in [-0.2, 0) is 9.59 Å². The minimum Gasteiger partial charge on any atom is -0.507 e.